The molecule has 110 valence electrons. The van der Waals surface area contributed by atoms with Gasteiger partial charge in [0, 0.05) is 19.1 Å². The van der Waals surface area contributed by atoms with Crippen LogP contribution >= 0.6 is 0 Å². The van der Waals surface area contributed by atoms with Crippen LogP contribution in [0.1, 0.15) is 46.5 Å². The topological polar surface area (TPSA) is 69.6 Å². The first kappa shape index (κ1) is 15.8. The van der Waals surface area contributed by atoms with E-state index in [1.807, 2.05) is 0 Å². The summed E-state index contributed by atoms with van der Waals surface area (Å²) in [4.78, 5) is 24.7. The van der Waals surface area contributed by atoms with Crippen molar-refractivity contribution in [2.45, 2.75) is 52.5 Å². The van der Waals surface area contributed by atoms with E-state index in [0.29, 0.717) is 0 Å². The van der Waals surface area contributed by atoms with Crippen LogP contribution in [-0.4, -0.2) is 41.1 Å². The van der Waals surface area contributed by atoms with Gasteiger partial charge in [0.15, 0.2) is 0 Å². The minimum Gasteiger partial charge on any atom is -0.481 e. The van der Waals surface area contributed by atoms with Crippen LogP contribution in [0.25, 0.3) is 0 Å². The summed E-state index contributed by atoms with van der Waals surface area (Å²) < 4.78 is 0. The molecule has 0 aromatic heterocycles. The van der Waals surface area contributed by atoms with Crippen LogP contribution in [0.2, 0.25) is 0 Å². The molecule has 1 saturated heterocycles. The van der Waals surface area contributed by atoms with Crippen molar-refractivity contribution < 1.29 is 14.7 Å². The lowest BCUT2D eigenvalue weighted by Gasteiger charge is -2.33. The summed E-state index contributed by atoms with van der Waals surface area (Å²) in [6.45, 7) is 7.10. The molecule has 0 saturated carbocycles. The maximum absolute atomic E-state index is 12.0. The number of amides is 2. The number of nitrogens with zero attached hydrogens (tertiary/aromatic N) is 1. The first-order chi connectivity index (χ1) is 8.95. The smallest absolute Gasteiger partial charge is 0.317 e. The molecule has 0 aromatic rings. The van der Waals surface area contributed by atoms with Gasteiger partial charge in [0.05, 0.1) is 5.92 Å². The number of carboxylic acid groups (broad SMARTS) is 1. The van der Waals surface area contributed by atoms with Gasteiger partial charge in [-0.25, -0.2) is 4.79 Å². The number of likely N-dealkylation sites (tertiary alicyclic amines) is 1. The first-order valence-electron chi connectivity index (χ1n) is 7.24. The molecule has 2 atom stereocenters. The van der Waals surface area contributed by atoms with E-state index in [0.717, 1.165) is 31.8 Å². The van der Waals surface area contributed by atoms with Crippen molar-refractivity contribution in [3.05, 3.63) is 0 Å². The van der Waals surface area contributed by atoms with Crippen molar-refractivity contribution in [1.29, 1.82) is 0 Å². The number of urea groups is 1. The van der Waals surface area contributed by atoms with Gasteiger partial charge in [-0.05, 0) is 32.6 Å². The Morgan fingerprint density at radius 2 is 1.89 bits per heavy atom. The van der Waals surface area contributed by atoms with Crippen molar-refractivity contribution in [2.24, 2.45) is 11.8 Å². The molecule has 2 amide bonds. The van der Waals surface area contributed by atoms with Gasteiger partial charge in [-0.3, -0.25) is 4.79 Å². The lowest BCUT2D eigenvalue weighted by atomic mass is 9.93. The Morgan fingerprint density at radius 3 is 2.37 bits per heavy atom. The zero-order valence-electron chi connectivity index (χ0n) is 12.2. The van der Waals surface area contributed by atoms with Crippen LogP contribution in [0, 0.1) is 11.8 Å². The summed E-state index contributed by atoms with van der Waals surface area (Å²) in [7, 11) is 0. The summed E-state index contributed by atoms with van der Waals surface area (Å²) in [5.74, 6) is -0.708. The van der Waals surface area contributed by atoms with Crippen molar-refractivity contribution in [3.63, 3.8) is 0 Å². The Bertz CT molecular complexity index is 312. The van der Waals surface area contributed by atoms with Gasteiger partial charge >= 0.3 is 12.0 Å². The molecule has 0 aromatic carbocycles. The van der Waals surface area contributed by atoms with E-state index in [4.69, 9.17) is 5.11 Å². The second-order valence-electron chi connectivity index (χ2n) is 5.58. The number of carboxylic acids is 1. The van der Waals surface area contributed by atoms with Crippen LogP contribution in [0.15, 0.2) is 0 Å². The molecular formula is C14H26N2O3. The van der Waals surface area contributed by atoms with Gasteiger partial charge in [-0.2, -0.15) is 0 Å². The number of rotatable bonds is 5. The highest BCUT2D eigenvalue weighted by molar-refractivity contribution is 5.76. The van der Waals surface area contributed by atoms with Crippen LogP contribution in [0.4, 0.5) is 4.79 Å². The highest BCUT2D eigenvalue weighted by Gasteiger charge is 2.26. The van der Waals surface area contributed by atoms with Gasteiger partial charge in [0.25, 0.3) is 0 Å². The molecule has 0 bridgehead atoms. The lowest BCUT2D eigenvalue weighted by molar-refractivity contribution is -0.141. The van der Waals surface area contributed by atoms with E-state index in [-0.39, 0.29) is 12.1 Å². The molecule has 5 nitrogen and oxygen atoms in total. The standard InChI is InChI=1S/C14H26N2O3/c1-4-5-12-6-8-16(9-7-12)14(19)15-11(3)10(2)13(17)18/h10-12H,4-9H2,1-3H3,(H,15,19)(H,17,18). The Kier molecular flexibility index (Phi) is 6.12. The molecule has 1 rings (SSSR count). The Labute approximate surface area is 115 Å². The molecule has 1 heterocycles. The molecule has 2 N–H and O–H groups in total. The molecule has 1 aliphatic rings. The zero-order chi connectivity index (χ0) is 14.4. The normalized spacial score (nSPS) is 19.8. The number of nitrogens with one attached hydrogen (secondary N) is 1. The van der Waals surface area contributed by atoms with Crippen molar-refractivity contribution in [2.75, 3.05) is 13.1 Å². The summed E-state index contributed by atoms with van der Waals surface area (Å²) in [5.41, 5.74) is 0. The Balaban J connectivity index is 2.37. The van der Waals surface area contributed by atoms with E-state index in [9.17, 15) is 9.59 Å². The van der Waals surface area contributed by atoms with E-state index in [1.165, 1.54) is 12.8 Å². The van der Waals surface area contributed by atoms with Crippen molar-refractivity contribution >= 4 is 12.0 Å². The number of carbonyl (C=O) groups excluding carboxylic acids is 1. The average Bonchev–Trinajstić information content (AvgIpc) is 2.38. The second-order valence-corrected chi connectivity index (χ2v) is 5.58. The highest BCUT2D eigenvalue weighted by atomic mass is 16.4. The third-order valence-corrected chi connectivity index (χ3v) is 4.09. The minimum absolute atomic E-state index is 0.129. The molecule has 19 heavy (non-hydrogen) atoms. The fraction of sp³-hybridized carbons (Fsp3) is 0.857. The molecule has 0 aliphatic carbocycles. The second kappa shape index (κ2) is 7.36. The van der Waals surface area contributed by atoms with E-state index >= 15 is 0 Å². The molecular weight excluding hydrogens is 244 g/mol. The molecule has 0 radical (unpaired) electrons. The number of hydrogen-bond acceptors (Lipinski definition) is 2. The van der Waals surface area contributed by atoms with Crippen LogP contribution in [-0.2, 0) is 4.79 Å². The SMILES string of the molecule is CCCC1CCN(C(=O)NC(C)C(C)C(=O)O)CC1. The zero-order valence-corrected chi connectivity index (χ0v) is 12.2. The summed E-state index contributed by atoms with van der Waals surface area (Å²) >= 11 is 0. The van der Waals surface area contributed by atoms with Gasteiger partial charge in [0.2, 0.25) is 0 Å². The maximum Gasteiger partial charge on any atom is 0.317 e. The summed E-state index contributed by atoms with van der Waals surface area (Å²) in [6, 6.07) is -0.478. The Morgan fingerprint density at radius 1 is 1.32 bits per heavy atom. The van der Waals surface area contributed by atoms with Gasteiger partial charge in [-0.15, -0.1) is 0 Å². The first-order valence-corrected chi connectivity index (χ1v) is 7.24. The molecule has 0 spiro atoms. The quantitative estimate of drug-likeness (QED) is 0.805. The van der Waals surface area contributed by atoms with Gasteiger partial charge < -0.3 is 15.3 Å². The van der Waals surface area contributed by atoms with E-state index in [1.54, 1.807) is 18.7 Å². The molecule has 5 heteroatoms. The number of hydrogen-bond donors (Lipinski definition) is 2. The van der Waals surface area contributed by atoms with Crippen molar-refractivity contribution in [1.82, 2.24) is 10.2 Å². The molecule has 2 unspecified atom stereocenters. The Hall–Kier alpha value is -1.26. The maximum atomic E-state index is 12.0. The fourth-order valence-corrected chi connectivity index (χ4v) is 2.46. The lowest BCUT2D eigenvalue weighted by Crippen LogP contribution is -2.49. The number of carbonyl (C=O) groups is 2. The van der Waals surface area contributed by atoms with E-state index < -0.39 is 11.9 Å². The predicted octanol–water partition coefficient (Wildman–Crippen LogP) is 2.32. The van der Waals surface area contributed by atoms with Gasteiger partial charge in [0.1, 0.15) is 0 Å². The minimum atomic E-state index is -0.880. The van der Waals surface area contributed by atoms with Crippen LogP contribution in [0.5, 0.6) is 0 Å². The van der Waals surface area contributed by atoms with Gasteiger partial charge in [-0.1, -0.05) is 19.8 Å². The summed E-state index contributed by atoms with van der Waals surface area (Å²) in [5, 5.41) is 11.7. The van der Waals surface area contributed by atoms with E-state index in [2.05, 4.69) is 12.2 Å². The fourth-order valence-electron chi connectivity index (χ4n) is 2.46. The van der Waals surface area contributed by atoms with Crippen molar-refractivity contribution in [3.8, 4) is 0 Å². The van der Waals surface area contributed by atoms with Crippen LogP contribution < -0.4 is 5.32 Å². The number of aliphatic carboxylic acids is 1. The third kappa shape index (κ3) is 4.73. The summed E-state index contributed by atoms with van der Waals surface area (Å²) in [6.07, 6.45) is 4.56. The predicted molar refractivity (Wildman–Crippen MR) is 74.0 cm³/mol. The monoisotopic (exact) mass is 270 g/mol. The molecule has 1 aliphatic heterocycles. The highest BCUT2D eigenvalue weighted by Crippen LogP contribution is 2.21. The van der Waals surface area contributed by atoms with Crippen LogP contribution in [0.3, 0.4) is 0 Å². The largest absolute Gasteiger partial charge is 0.481 e. The average molecular weight is 270 g/mol. The third-order valence-electron chi connectivity index (χ3n) is 4.09. The molecule has 1 fully saturated rings. The number of piperidine rings is 1.